The van der Waals surface area contributed by atoms with Crippen molar-refractivity contribution in [2.75, 3.05) is 6.61 Å². The van der Waals surface area contributed by atoms with Gasteiger partial charge in [-0.15, -0.1) is 0 Å². The summed E-state index contributed by atoms with van der Waals surface area (Å²) >= 11 is 0. The Labute approximate surface area is 143 Å². The van der Waals surface area contributed by atoms with Crippen LogP contribution < -0.4 is 0 Å². The Hall–Kier alpha value is -1.39. The third kappa shape index (κ3) is 2.39. The average Bonchev–Trinajstić information content (AvgIpc) is 3.21. The molecule has 1 saturated carbocycles. The number of hydrogen-bond donors (Lipinski definition) is 1. The third-order valence-electron chi connectivity index (χ3n) is 5.65. The summed E-state index contributed by atoms with van der Waals surface area (Å²) in [5.74, 6) is 0.600. The number of aryl methyl sites for hydroxylation is 1. The zero-order valence-corrected chi connectivity index (χ0v) is 14.8. The van der Waals surface area contributed by atoms with Gasteiger partial charge in [-0.2, -0.15) is 0 Å². The molecule has 4 nitrogen and oxygen atoms in total. The van der Waals surface area contributed by atoms with Crippen molar-refractivity contribution in [1.82, 2.24) is 0 Å². The molecule has 130 valence electrons. The van der Waals surface area contributed by atoms with E-state index in [1.165, 1.54) is 12.0 Å². The van der Waals surface area contributed by atoms with Crippen molar-refractivity contribution in [2.24, 2.45) is 4.99 Å². The normalized spacial score (nSPS) is 33.7. The quantitative estimate of drug-likeness (QED) is 0.860. The Bertz CT molecular complexity index is 658. The summed E-state index contributed by atoms with van der Waals surface area (Å²) in [7, 11) is 0. The molecule has 0 amide bonds. The average molecular weight is 329 g/mol. The largest absolute Gasteiger partial charge is 0.476 e. The molecule has 1 N–H and O–H groups in total. The highest BCUT2D eigenvalue weighted by molar-refractivity contribution is 5.92. The van der Waals surface area contributed by atoms with Crippen molar-refractivity contribution in [3.05, 3.63) is 35.4 Å². The second kappa shape index (κ2) is 5.30. The fourth-order valence-corrected chi connectivity index (χ4v) is 4.19. The van der Waals surface area contributed by atoms with Gasteiger partial charge in [-0.25, -0.2) is 4.99 Å². The zero-order chi connectivity index (χ0) is 17.0. The lowest BCUT2D eigenvalue weighted by Gasteiger charge is -2.37. The summed E-state index contributed by atoms with van der Waals surface area (Å²) in [6.07, 6.45) is 4.55. The maximum absolute atomic E-state index is 11.5. The first-order valence-corrected chi connectivity index (χ1v) is 9.06. The Morgan fingerprint density at radius 2 is 1.75 bits per heavy atom. The molecule has 0 radical (unpaired) electrons. The van der Waals surface area contributed by atoms with Crippen molar-refractivity contribution in [3.8, 4) is 0 Å². The fourth-order valence-electron chi connectivity index (χ4n) is 4.19. The molecule has 1 aromatic rings. The third-order valence-corrected chi connectivity index (χ3v) is 5.65. The summed E-state index contributed by atoms with van der Waals surface area (Å²) in [5, 5.41) is 11.5. The predicted octanol–water partition coefficient (Wildman–Crippen LogP) is 3.71. The van der Waals surface area contributed by atoms with Gasteiger partial charge in [-0.3, -0.25) is 0 Å². The predicted molar refractivity (Wildman–Crippen MR) is 93.2 cm³/mol. The highest BCUT2D eigenvalue weighted by Crippen LogP contribution is 2.61. The number of epoxide rings is 1. The molecule has 1 aromatic carbocycles. The van der Waals surface area contributed by atoms with Crippen LogP contribution in [0.1, 0.15) is 63.2 Å². The lowest BCUT2D eigenvalue weighted by Crippen LogP contribution is -2.52. The fraction of sp³-hybridized carbons (Fsp3) is 0.650. The van der Waals surface area contributed by atoms with E-state index in [4.69, 9.17) is 14.5 Å². The van der Waals surface area contributed by atoms with E-state index in [9.17, 15) is 5.11 Å². The van der Waals surface area contributed by atoms with Crippen LogP contribution in [0.5, 0.6) is 0 Å². The molecule has 0 unspecified atom stereocenters. The van der Waals surface area contributed by atoms with Crippen LogP contribution in [-0.2, 0) is 9.47 Å². The smallest absolute Gasteiger partial charge is 0.223 e. The lowest BCUT2D eigenvalue weighted by atomic mass is 9.72. The highest BCUT2D eigenvalue weighted by atomic mass is 16.7. The van der Waals surface area contributed by atoms with Gasteiger partial charge in [0, 0.05) is 0 Å². The summed E-state index contributed by atoms with van der Waals surface area (Å²) in [5.41, 5.74) is 0.362. The topological polar surface area (TPSA) is 54.4 Å². The Kier molecular flexibility index (Phi) is 3.56. The Balaban J connectivity index is 1.74. The van der Waals surface area contributed by atoms with Crippen molar-refractivity contribution >= 4 is 5.90 Å². The molecule has 2 fully saturated rings. The Morgan fingerprint density at radius 1 is 1.08 bits per heavy atom. The molecule has 1 saturated heterocycles. The van der Waals surface area contributed by atoms with Crippen LogP contribution in [-0.4, -0.2) is 34.4 Å². The van der Waals surface area contributed by atoms with Crippen LogP contribution >= 0.6 is 0 Å². The van der Waals surface area contributed by atoms with E-state index in [1.807, 2.05) is 0 Å². The first-order chi connectivity index (χ1) is 11.4. The second-order valence-electron chi connectivity index (χ2n) is 8.25. The number of benzene rings is 1. The van der Waals surface area contributed by atoms with Gasteiger partial charge in [0.15, 0.2) is 0 Å². The number of aliphatic imine (C=N–C) groups is 1. The van der Waals surface area contributed by atoms with Crippen LogP contribution in [0.3, 0.4) is 0 Å². The summed E-state index contributed by atoms with van der Waals surface area (Å²) in [6.45, 7) is 6.74. The van der Waals surface area contributed by atoms with Crippen LogP contribution in [0.15, 0.2) is 29.3 Å². The highest BCUT2D eigenvalue weighted by Gasteiger charge is 2.74. The first-order valence-electron chi connectivity index (χ1n) is 9.06. The molecule has 1 aliphatic carbocycles. The molecule has 0 spiro atoms. The van der Waals surface area contributed by atoms with Crippen LogP contribution in [0.2, 0.25) is 0 Å². The summed E-state index contributed by atoms with van der Waals surface area (Å²) in [6, 6.07) is 8.37. The van der Waals surface area contributed by atoms with Crippen LogP contribution in [0.4, 0.5) is 0 Å². The molecular weight excluding hydrogens is 302 g/mol. The number of ether oxygens (including phenoxy) is 2. The van der Waals surface area contributed by atoms with Gasteiger partial charge in [-0.05, 0) is 39.2 Å². The standard InChI is InChI=1S/C20H27NO3/c1-14-7-9-15(10-8-14)16-20(24-16,17-21-18(2,3)13-23-17)19(22)11-5-4-6-12-19/h7-10,16,22H,4-6,11-13H2,1-3H3/t16-,20+/m1/s1. The van der Waals surface area contributed by atoms with E-state index in [-0.39, 0.29) is 11.6 Å². The molecule has 24 heavy (non-hydrogen) atoms. The maximum atomic E-state index is 11.5. The van der Waals surface area contributed by atoms with Crippen molar-refractivity contribution < 1.29 is 14.6 Å². The minimum absolute atomic E-state index is 0.172. The molecule has 2 atom stereocenters. The Morgan fingerprint density at radius 3 is 2.33 bits per heavy atom. The van der Waals surface area contributed by atoms with Gasteiger partial charge in [0.25, 0.3) is 0 Å². The van der Waals surface area contributed by atoms with E-state index < -0.39 is 11.2 Å². The van der Waals surface area contributed by atoms with E-state index in [0.717, 1.165) is 31.2 Å². The molecule has 4 rings (SSSR count). The summed E-state index contributed by atoms with van der Waals surface area (Å²) in [4.78, 5) is 4.78. The maximum Gasteiger partial charge on any atom is 0.223 e. The zero-order valence-electron chi connectivity index (χ0n) is 14.8. The molecule has 2 heterocycles. The van der Waals surface area contributed by atoms with E-state index >= 15 is 0 Å². The lowest BCUT2D eigenvalue weighted by molar-refractivity contribution is -0.0466. The van der Waals surface area contributed by atoms with Gasteiger partial charge in [0.05, 0.1) is 5.54 Å². The van der Waals surface area contributed by atoms with Crippen molar-refractivity contribution in [2.45, 2.75) is 75.7 Å². The van der Waals surface area contributed by atoms with Crippen LogP contribution in [0, 0.1) is 6.92 Å². The molecule has 4 heteroatoms. The molecular formula is C20H27NO3. The summed E-state index contributed by atoms with van der Waals surface area (Å²) < 4.78 is 12.2. The molecule has 3 aliphatic rings. The van der Waals surface area contributed by atoms with Gasteiger partial charge in [-0.1, -0.05) is 49.1 Å². The van der Waals surface area contributed by atoms with Crippen LogP contribution in [0.25, 0.3) is 0 Å². The first kappa shape index (κ1) is 16.1. The van der Waals surface area contributed by atoms with Crippen molar-refractivity contribution in [1.29, 1.82) is 0 Å². The second-order valence-corrected chi connectivity index (χ2v) is 8.25. The molecule has 0 aromatic heterocycles. The number of hydrogen-bond acceptors (Lipinski definition) is 4. The SMILES string of the molecule is Cc1ccc([C@H]2O[C@@]2(C2=NC(C)(C)CO2)C2(O)CCCCC2)cc1. The van der Waals surface area contributed by atoms with E-state index in [2.05, 4.69) is 45.0 Å². The monoisotopic (exact) mass is 329 g/mol. The molecule has 0 bridgehead atoms. The van der Waals surface area contributed by atoms with E-state index in [0.29, 0.717) is 12.5 Å². The number of nitrogens with zero attached hydrogens (tertiary/aromatic N) is 1. The number of aliphatic hydroxyl groups is 1. The van der Waals surface area contributed by atoms with E-state index in [1.54, 1.807) is 0 Å². The molecule has 2 aliphatic heterocycles. The van der Waals surface area contributed by atoms with Crippen molar-refractivity contribution in [3.63, 3.8) is 0 Å². The minimum Gasteiger partial charge on any atom is -0.476 e. The van der Waals surface area contributed by atoms with Gasteiger partial charge in [0.1, 0.15) is 18.3 Å². The minimum atomic E-state index is -0.889. The number of rotatable bonds is 3. The van der Waals surface area contributed by atoms with Gasteiger partial charge >= 0.3 is 0 Å². The van der Waals surface area contributed by atoms with Gasteiger partial charge in [0.2, 0.25) is 11.5 Å². The van der Waals surface area contributed by atoms with Gasteiger partial charge < -0.3 is 14.6 Å².